The summed E-state index contributed by atoms with van der Waals surface area (Å²) in [6.45, 7) is 5.23. The van der Waals surface area contributed by atoms with Crippen LogP contribution < -0.4 is 15.4 Å². The largest absolute Gasteiger partial charge is 0.494 e. The van der Waals surface area contributed by atoms with Crippen molar-refractivity contribution in [2.75, 3.05) is 18.5 Å². The molecular formula is C12H18N2O2. The van der Waals surface area contributed by atoms with Crippen LogP contribution in [0.5, 0.6) is 5.75 Å². The van der Waals surface area contributed by atoms with Gasteiger partial charge in [0.05, 0.1) is 6.61 Å². The molecule has 88 valence electrons. The van der Waals surface area contributed by atoms with Crippen molar-refractivity contribution in [1.82, 2.24) is 5.32 Å². The van der Waals surface area contributed by atoms with Gasteiger partial charge in [0.2, 0.25) is 0 Å². The topological polar surface area (TPSA) is 50.4 Å². The zero-order chi connectivity index (χ0) is 11.8. The number of ether oxygens (including phenoxy) is 1. The lowest BCUT2D eigenvalue weighted by Crippen LogP contribution is -2.29. The van der Waals surface area contributed by atoms with Gasteiger partial charge in [-0.3, -0.25) is 0 Å². The maximum absolute atomic E-state index is 11.4. The first-order valence-corrected chi connectivity index (χ1v) is 5.54. The Bertz CT molecular complexity index is 340. The average Bonchev–Trinajstić information content (AvgIpc) is 2.27. The van der Waals surface area contributed by atoms with E-state index in [0.717, 1.165) is 17.9 Å². The van der Waals surface area contributed by atoms with E-state index in [1.54, 1.807) is 6.07 Å². The fourth-order valence-corrected chi connectivity index (χ4v) is 1.24. The van der Waals surface area contributed by atoms with Crippen molar-refractivity contribution in [3.8, 4) is 5.75 Å². The molecule has 2 amide bonds. The van der Waals surface area contributed by atoms with E-state index in [4.69, 9.17) is 4.74 Å². The Morgan fingerprint density at radius 2 is 2.19 bits per heavy atom. The van der Waals surface area contributed by atoms with Crippen LogP contribution in [0.1, 0.15) is 20.3 Å². The maximum atomic E-state index is 11.4. The van der Waals surface area contributed by atoms with Crippen molar-refractivity contribution in [3.05, 3.63) is 24.3 Å². The lowest BCUT2D eigenvalue weighted by Gasteiger charge is -2.08. The maximum Gasteiger partial charge on any atom is 0.319 e. The fourth-order valence-electron chi connectivity index (χ4n) is 1.24. The van der Waals surface area contributed by atoms with E-state index < -0.39 is 0 Å². The van der Waals surface area contributed by atoms with Crippen molar-refractivity contribution < 1.29 is 9.53 Å². The van der Waals surface area contributed by atoms with Gasteiger partial charge < -0.3 is 15.4 Å². The molecule has 0 aliphatic carbocycles. The second-order valence-electron chi connectivity index (χ2n) is 3.34. The van der Waals surface area contributed by atoms with Gasteiger partial charge in [0.15, 0.2) is 0 Å². The fraction of sp³-hybridized carbons (Fsp3) is 0.417. The van der Waals surface area contributed by atoms with Crippen LogP contribution in [0.25, 0.3) is 0 Å². The smallest absolute Gasteiger partial charge is 0.319 e. The Morgan fingerprint density at radius 3 is 2.88 bits per heavy atom. The molecule has 0 saturated carbocycles. The molecule has 4 heteroatoms. The first kappa shape index (κ1) is 12.4. The first-order valence-electron chi connectivity index (χ1n) is 5.54. The normalized spacial score (nSPS) is 9.62. The van der Waals surface area contributed by atoms with E-state index in [0.29, 0.717) is 13.2 Å². The van der Waals surface area contributed by atoms with Gasteiger partial charge >= 0.3 is 6.03 Å². The van der Waals surface area contributed by atoms with Crippen molar-refractivity contribution in [3.63, 3.8) is 0 Å². The minimum atomic E-state index is -0.185. The molecule has 0 spiro atoms. The number of benzene rings is 1. The summed E-state index contributed by atoms with van der Waals surface area (Å²) in [6, 6.07) is 7.15. The number of hydrogen-bond acceptors (Lipinski definition) is 2. The molecule has 0 atom stereocenters. The van der Waals surface area contributed by atoms with Crippen molar-refractivity contribution >= 4 is 11.7 Å². The van der Waals surface area contributed by atoms with E-state index in [9.17, 15) is 4.79 Å². The number of amides is 2. The van der Waals surface area contributed by atoms with Gasteiger partial charge in [-0.05, 0) is 25.5 Å². The molecular weight excluding hydrogens is 204 g/mol. The van der Waals surface area contributed by atoms with Gasteiger partial charge in [-0.25, -0.2) is 4.79 Å². The third-order valence-electron chi connectivity index (χ3n) is 1.94. The Kier molecular flexibility index (Phi) is 5.19. The van der Waals surface area contributed by atoms with Crippen LogP contribution in [-0.2, 0) is 0 Å². The van der Waals surface area contributed by atoms with E-state index in [1.165, 1.54) is 0 Å². The predicted octanol–water partition coefficient (Wildman–Crippen LogP) is 2.62. The van der Waals surface area contributed by atoms with Gasteiger partial charge in [0, 0.05) is 18.3 Å². The van der Waals surface area contributed by atoms with Gasteiger partial charge in [-0.1, -0.05) is 13.0 Å². The minimum absolute atomic E-state index is 0.185. The molecule has 0 bridgehead atoms. The summed E-state index contributed by atoms with van der Waals surface area (Å²) in [5.41, 5.74) is 0.736. The van der Waals surface area contributed by atoms with Crippen LogP contribution in [0.15, 0.2) is 24.3 Å². The number of urea groups is 1. The van der Waals surface area contributed by atoms with Crippen LogP contribution in [-0.4, -0.2) is 19.2 Å². The van der Waals surface area contributed by atoms with Crippen molar-refractivity contribution in [2.45, 2.75) is 20.3 Å². The standard InChI is InChI=1S/C12H18N2O2/c1-3-8-13-12(15)14-10-6-5-7-11(9-10)16-4-2/h5-7,9H,3-4,8H2,1-2H3,(H2,13,14,15). The van der Waals surface area contributed by atoms with E-state index in [1.807, 2.05) is 32.0 Å². The molecule has 1 aromatic rings. The van der Waals surface area contributed by atoms with Crippen LogP contribution in [0.4, 0.5) is 10.5 Å². The molecule has 0 aliphatic heterocycles. The van der Waals surface area contributed by atoms with Crippen LogP contribution in [0.2, 0.25) is 0 Å². The molecule has 2 N–H and O–H groups in total. The molecule has 1 aromatic carbocycles. The summed E-state index contributed by atoms with van der Waals surface area (Å²) in [4.78, 5) is 11.4. The highest BCUT2D eigenvalue weighted by molar-refractivity contribution is 5.89. The number of anilines is 1. The molecule has 16 heavy (non-hydrogen) atoms. The second-order valence-corrected chi connectivity index (χ2v) is 3.34. The Hall–Kier alpha value is -1.71. The van der Waals surface area contributed by atoms with Crippen LogP contribution in [0.3, 0.4) is 0 Å². The lowest BCUT2D eigenvalue weighted by molar-refractivity contribution is 0.252. The summed E-state index contributed by atoms with van der Waals surface area (Å²) in [5.74, 6) is 0.760. The minimum Gasteiger partial charge on any atom is -0.494 e. The quantitative estimate of drug-likeness (QED) is 0.804. The molecule has 0 radical (unpaired) electrons. The molecule has 4 nitrogen and oxygen atoms in total. The van der Waals surface area contributed by atoms with Gasteiger partial charge in [-0.2, -0.15) is 0 Å². The number of carbonyl (C=O) groups excluding carboxylic acids is 1. The Balaban J connectivity index is 2.52. The highest BCUT2D eigenvalue weighted by Gasteiger charge is 2.01. The summed E-state index contributed by atoms with van der Waals surface area (Å²) in [6.07, 6.45) is 0.923. The van der Waals surface area contributed by atoms with E-state index >= 15 is 0 Å². The van der Waals surface area contributed by atoms with Crippen molar-refractivity contribution in [2.24, 2.45) is 0 Å². The lowest BCUT2D eigenvalue weighted by atomic mass is 10.3. The highest BCUT2D eigenvalue weighted by Crippen LogP contribution is 2.16. The number of hydrogen-bond donors (Lipinski definition) is 2. The number of nitrogens with one attached hydrogen (secondary N) is 2. The molecule has 0 unspecified atom stereocenters. The van der Waals surface area contributed by atoms with Crippen LogP contribution >= 0.6 is 0 Å². The predicted molar refractivity (Wildman–Crippen MR) is 64.9 cm³/mol. The monoisotopic (exact) mass is 222 g/mol. The van der Waals surface area contributed by atoms with Gasteiger partial charge in [-0.15, -0.1) is 0 Å². The Labute approximate surface area is 96.0 Å². The molecule has 0 saturated heterocycles. The zero-order valence-electron chi connectivity index (χ0n) is 9.75. The van der Waals surface area contributed by atoms with E-state index in [2.05, 4.69) is 10.6 Å². The summed E-state index contributed by atoms with van der Waals surface area (Å²) >= 11 is 0. The zero-order valence-corrected chi connectivity index (χ0v) is 9.75. The van der Waals surface area contributed by atoms with Crippen molar-refractivity contribution in [1.29, 1.82) is 0 Å². The molecule has 0 fully saturated rings. The first-order chi connectivity index (χ1) is 7.76. The second kappa shape index (κ2) is 6.71. The molecule has 0 aromatic heterocycles. The average molecular weight is 222 g/mol. The highest BCUT2D eigenvalue weighted by atomic mass is 16.5. The third kappa shape index (κ3) is 4.21. The summed E-state index contributed by atoms with van der Waals surface area (Å²) < 4.78 is 5.34. The summed E-state index contributed by atoms with van der Waals surface area (Å²) in [5, 5.41) is 5.49. The summed E-state index contributed by atoms with van der Waals surface area (Å²) in [7, 11) is 0. The molecule has 0 aliphatic rings. The van der Waals surface area contributed by atoms with Gasteiger partial charge in [0.1, 0.15) is 5.75 Å². The number of carbonyl (C=O) groups is 1. The SMILES string of the molecule is CCCNC(=O)Nc1cccc(OCC)c1. The third-order valence-corrected chi connectivity index (χ3v) is 1.94. The molecule has 1 rings (SSSR count). The van der Waals surface area contributed by atoms with E-state index in [-0.39, 0.29) is 6.03 Å². The Morgan fingerprint density at radius 1 is 1.38 bits per heavy atom. The van der Waals surface area contributed by atoms with Gasteiger partial charge in [0.25, 0.3) is 0 Å². The van der Waals surface area contributed by atoms with Crippen LogP contribution in [0, 0.1) is 0 Å². The number of rotatable bonds is 5. The molecule has 0 heterocycles.